The van der Waals surface area contributed by atoms with Crippen molar-refractivity contribution in [1.29, 1.82) is 0 Å². The number of para-hydroxylation sites is 1. The molecule has 12 rings (SSSR count). The molecule has 2 nitrogen and oxygen atoms in total. The number of anilines is 3. The molecular weight excluding hydrogens is 675 g/mol. The summed E-state index contributed by atoms with van der Waals surface area (Å²) in [6.45, 7) is 0. The van der Waals surface area contributed by atoms with Gasteiger partial charge in [0.25, 0.3) is 0 Å². The number of furan rings is 1. The summed E-state index contributed by atoms with van der Waals surface area (Å²) in [5, 5.41) is 3.56. The summed E-state index contributed by atoms with van der Waals surface area (Å²) in [5.41, 5.74) is 16.4. The molecule has 0 unspecified atom stereocenters. The van der Waals surface area contributed by atoms with Gasteiger partial charge >= 0.3 is 0 Å². The van der Waals surface area contributed by atoms with Crippen molar-refractivity contribution in [3.63, 3.8) is 0 Å². The Hall–Kier alpha value is -6.68. The fraction of sp³-hybridized carbons (Fsp3) is 0.0196. The molecule has 0 N–H and O–H groups in total. The molecule has 252 valence electrons. The minimum Gasteiger partial charge on any atom is -0.456 e. The Morgan fingerprint density at radius 2 is 1.04 bits per heavy atom. The first-order valence-electron chi connectivity index (χ1n) is 18.5. The lowest BCUT2D eigenvalue weighted by molar-refractivity contribution is 0.669. The molecule has 0 bridgehead atoms. The van der Waals surface area contributed by atoms with Crippen molar-refractivity contribution < 1.29 is 4.42 Å². The molecule has 2 aromatic heterocycles. The van der Waals surface area contributed by atoms with Gasteiger partial charge in [0, 0.05) is 37.3 Å². The van der Waals surface area contributed by atoms with Gasteiger partial charge in [-0.1, -0.05) is 140 Å². The van der Waals surface area contributed by atoms with E-state index in [2.05, 4.69) is 187 Å². The maximum Gasteiger partial charge on any atom is 0.135 e. The second kappa shape index (κ2) is 11.2. The van der Waals surface area contributed by atoms with Gasteiger partial charge in [-0.05, 0) is 98.4 Å². The van der Waals surface area contributed by atoms with Crippen LogP contribution in [0.2, 0.25) is 0 Å². The topological polar surface area (TPSA) is 16.4 Å². The lowest BCUT2D eigenvalue weighted by Gasteiger charge is -2.36. The molecule has 0 atom stereocenters. The van der Waals surface area contributed by atoms with Crippen molar-refractivity contribution in [3.8, 4) is 32.7 Å². The Kier molecular flexibility index (Phi) is 6.17. The maximum absolute atomic E-state index is 6.35. The molecule has 3 heteroatoms. The summed E-state index contributed by atoms with van der Waals surface area (Å²) in [4.78, 5) is 3.84. The van der Waals surface area contributed by atoms with Crippen LogP contribution in [0, 0.1) is 0 Å². The number of hydrogen-bond acceptors (Lipinski definition) is 3. The van der Waals surface area contributed by atoms with E-state index in [1.54, 1.807) is 0 Å². The molecule has 10 aromatic rings. The summed E-state index contributed by atoms with van der Waals surface area (Å²) in [5.74, 6) is 0. The molecule has 2 heterocycles. The fourth-order valence-corrected chi connectivity index (χ4v) is 10.8. The average molecular weight is 706 g/mol. The van der Waals surface area contributed by atoms with Crippen molar-refractivity contribution >= 4 is 60.4 Å². The molecule has 0 saturated heterocycles. The highest BCUT2D eigenvalue weighted by Gasteiger charge is 2.55. The average Bonchev–Trinajstić information content (AvgIpc) is 3.97. The first-order chi connectivity index (χ1) is 26.8. The van der Waals surface area contributed by atoms with Crippen LogP contribution in [0.1, 0.15) is 22.3 Å². The van der Waals surface area contributed by atoms with E-state index >= 15 is 0 Å². The second-order valence-corrected chi connectivity index (χ2v) is 15.4. The van der Waals surface area contributed by atoms with Crippen LogP contribution in [0.5, 0.6) is 0 Å². The van der Waals surface area contributed by atoms with Gasteiger partial charge in [0.15, 0.2) is 0 Å². The van der Waals surface area contributed by atoms with Gasteiger partial charge in [0.2, 0.25) is 0 Å². The molecule has 54 heavy (non-hydrogen) atoms. The third-order valence-electron chi connectivity index (χ3n) is 11.7. The minimum absolute atomic E-state index is 0.511. The first-order valence-corrected chi connectivity index (χ1v) is 19.3. The van der Waals surface area contributed by atoms with Crippen LogP contribution >= 0.6 is 11.3 Å². The molecule has 8 aromatic carbocycles. The molecule has 0 radical (unpaired) electrons. The number of fused-ring (bicyclic) bond motifs is 15. The zero-order valence-corrected chi connectivity index (χ0v) is 30.0. The van der Waals surface area contributed by atoms with Gasteiger partial charge in [-0.25, -0.2) is 0 Å². The van der Waals surface area contributed by atoms with Gasteiger partial charge in [-0.3, -0.25) is 0 Å². The van der Waals surface area contributed by atoms with Crippen LogP contribution < -0.4 is 4.90 Å². The van der Waals surface area contributed by atoms with E-state index in [0.717, 1.165) is 33.3 Å². The third-order valence-corrected chi connectivity index (χ3v) is 12.9. The molecule has 0 fully saturated rings. The third kappa shape index (κ3) is 3.94. The molecule has 1 spiro atoms. The van der Waals surface area contributed by atoms with Gasteiger partial charge in [-0.2, -0.15) is 0 Å². The second-order valence-electron chi connectivity index (χ2n) is 14.4. The highest BCUT2D eigenvalue weighted by molar-refractivity contribution is 7.22. The number of nitrogens with zero attached hydrogens (tertiary/aromatic N) is 1. The Balaban J connectivity index is 1.19. The largest absolute Gasteiger partial charge is 0.456 e. The molecule has 0 amide bonds. The minimum atomic E-state index is -0.511. The Morgan fingerprint density at radius 1 is 0.426 bits per heavy atom. The van der Waals surface area contributed by atoms with Crippen molar-refractivity contribution in [2.24, 2.45) is 0 Å². The molecular formula is C51H31NOS. The zero-order valence-electron chi connectivity index (χ0n) is 29.2. The highest BCUT2D eigenvalue weighted by atomic mass is 32.1. The quantitative estimate of drug-likeness (QED) is 0.181. The van der Waals surface area contributed by atoms with Crippen LogP contribution in [-0.2, 0) is 5.41 Å². The normalized spacial score (nSPS) is 13.3. The zero-order chi connectivity index (χ0) is 35.4. The van der Waals surface area contributed by atoms with Gasteiger partial charge in [0.05, 0.1) is 11.1 Å². The van der Waals surface area contributed by atoms with Crippen molar-refractivity contribution in [2.75, 3.05) is 4.90 Å². The number of hydrogen-bond donors (Lipinski definition) is 0. The Bertz CT molecular complexity index is 3070. The van der Waals surface area contributed by atoms with E-state index in [1.165, 1.54) is 70.7 Å². The first kappa shape index (κ1) is 29.9. The van der Waals surface area contributed by atoms with Crippen LogP contribution in [0.15, 0.2) is 192 Å². The molecule has 0 saturated carbocycles. The van der Waals surface area contributed by atoms with E-state index in [4.69, 9.17) is 4.42 Å². The fourth-order valence-electron chi connectivity index (χ4n) is 9.53. The van der Waals surface area contributed by atoms with E-state index in [-0.39, 0.29) is 0 Å². The smallest absolute Gasteiger partial charge is 0.135 e. The van der Waals surface area contributed by atoms with Crippen LogP contribution in [0.3, 0.4) is 0 Å². The monoisotopic (exact) mass is 705 g/mol. The lowest BCUT2D eigenvalue weighted by Crippen LogP contribution is -2.28. The standard InChI is InChI=1S/C51H31NOS/c1-2-13-32(14-3-1)33-25-27-34(28-26-33)52(35-29-30-46-41(31-35)38-17-6-10-23-45(38)53-46)44-22-12-19-40-48(44)51(49-39-18-7-11-24-47(39)54-50(40)49)42-20-8-4-15-36(42)37-16-5-9-21-43(37)51/h1-31H. The SMILES string of the molecule is c1ccc(-c2ccc(N(c3ccc4oc5ccccc5c4c3)c3cccc4c3C3(c5ccccc5-c5ccccc53)c3c-4sc4ccccc34)cc2)cc1. The van der Waals surface area contributed by atoms with Crippen molar-refractivity contribution in [1.82, 2.24) is 0 Å². The summed E-state index contributed by atoms with van der Waals surface area (Å²) in [6.07, 6.45) is 0. The summed E-state index contributed by atoms with van der Waals surface area (Å²) in [7, 11) is 0. The summed E-state index contributed by atoms with van der Waals surface area (Å²) >= 11 is 1.92. The Labute approximate surface area is 316 Å². The highest BCUT2D eigenvalue weighted by Crippen LogP contribution is 2.68. The number of benzene rings is 8. The summed E-state index contributed by atoms with van der Waals surface area (Å²) in [6, 6.07) is 68.9. The van der Waals surface area contributed by atoms with E-state index in [1.807, 2.05) is 17.4 Å². The van der Waals surface area contributed by atoms with Crippen LogP contribution in [-0.4, -0.2) is 0 Å². The van der Waals surface area contributed by atoms with Gasteiger partial charge < -0.3 is 9.32 Å². The molecule has 2 aliphatic carbocycles. The molecule has 0 aliphatic heterocycles. The number of thiophene rings is 1. The Morgan fingerprint density at radius 3 is 1.83 bits per heavy atom. The van der Waals surface area contributed by atoms with Crippen LogP contribution in [0.4, 0.5) is 17.1 Å². The van der Waals surface area contributed by atoms with Crippen molar-refractivity contribution in [3.05, 3.63) is 210 Å². The lowest BCUT2D eigenvalue weighted by atomic mass is 9.69. The van der Waals surface area contributed by atoms with Gasteiger partial charge in [0.1, 0.15) is 11.2 Å². The number of rotatable bonds is 4. The van der Waals surface area contributed by atoms with E-state index in [0.29, 0.717) is 0 Å². The van der Waals surface area contributed by atoms with E-state index in [9.17, 15) is 0 Å². The molecule has 2 aliphatic rings. The van der Waals surface area contributed by atoms with Crippen LogP contribution in [0.25, 0.3) is 64.7 Å². The predicted molar refractivity (Wildman–Crippen MR) is 226 cm³/mol. The maximum atomic E-state index is 6.35. The van der Waals surface area contributed by atoms with E-state index < -0.39 is 5.41 Å². The predicted octanol–water partition coefficient (Wildman–Crippen LogP) is 14.3. The van der Waals surface area contributed by atoms with Gasteiger partial charge in [-0.15, -0.1) is 11.3 Å². The van der Waals surface area contributed by atoms with Crippen molar-refractivity contribution in [2.45, 2.75) is 5.41 Å². The summed E-state index contributed by atoms with van der Waals surface area (Å²) < 4.78 is 7.67.